The first-order valence-corrected chi connectivity index (χ1v) is 8.23. The van der Waals surface area contributed by atoms with Crippen LogP contribution < -0.4 is 5.73 Å². The number of carbonyl (C=O) groups excluding carboxylic acids is 2. The van der Waals surface area contributed by atoms with Gasteiger partial charge in [0.1, 0.15) is 0 Å². The third-order valence-corrected chi connectivity index (χ3v) is 4.20. The fourth-order valence-corrected chi connectivity index (χ4v) is 2.87. The Labute approximate surface area is 150 Å². The summed E-state index contributed by atoms with van der Waals surface area (Å²) in [4.78, 5) is 24.3. The van der Waals surface area contributed by atoms with Crippen molar-refractivity contribution in [3.8, 4) is 0 Å². The molecule has 1 aromatic heterocycles. The molecule has 25 heavy (non-hydrogen) atoms. The molecule has 0 aliphatic carbocycles. The van der Waals surface area contributed by atoms with Crippen LogP contribution in [0.3, 0.4) is 0 Å². The molecule has 5 heteroatoms. The molecule has 2 N–H and O–H groups in total. The number of carbonyl (C=O) groups is 2. The normalized spacial score (nSPS) is 10.6. The molecule has 3 aromatic rings. The number of rotatable bonds is 6. The number of halogens is 1. The average Bonchev–Trinajstić information content (AvgIpc) is 2.97. The quantitative estimate of drug-likeness (QED) is 0.690. The van der Waals surface area contributed by atoms with E-state index in [-0.39, 0.29) is 12.2 Å². The van der Waals surface area contributed by atoms with Crippen molar-refractivity contribution in [1.29, 1.82) is 0 Å². The highest BCUT2D eigenvalue weighted by atomic mass is 35.5. The van der Waals surface area contributed by atoms with Crippen molar-refractivity contribution in [3.63, 3.8) is 0 Å². The average molecular weight is 353 g/mol. The highest BCUT2D eigenvalue weighted by molar-refractivity contribution is 6.30. The van der Waals surface area contributed by atoms with Crippen LogP contribution in [0, 0.1) is 0 Å². The van der Waals surface area contributed by atoms with Crippen molar-refractivity contribution < 1.29 is 9.59 Å². The largest absolute Gasteiger partial charge is 0.369 e. The van der Waals surface area contributed by atoms with Crippen molar-refractivity contribution in [2.45, 2.75) is 13.0 Å². The molecular formula is C20H17ClN2O2. The maximum absolute atomic E-state index is 12.9. The molecule has 0 spiro atoms. The van der Waals surface area contributed by atoms with Crippen LogP contribution in [0.5, 0.6) is 0 Å². The van der Waals surface area contributed by atoms with Gasteiger partial charge in [0.25, 0.3) is 0 Å². The van der Waals surface area contributed by atoms with Gasteiger partial charge in [-0.1, -0.05) is 41.9 Å². The van der Waals surface area contributed by atoms with Crippen molar-refractivity contribution in [2.75, 3.05) is 0 Å². The van der Waals surface area contributed by atoms with E-state index in [0.717, 1.165) is 5.56 Å². The topological polar surface area (TPSA) is 65.1 Å². The summed E-state index contributed by atoms with van der Waals surface area (Å²) in [5.74, 6) is -0.554. The molecule has 0 radical (unpaired) electrons. The Balaban J connectivity index is 2.00. The lowest BCUT2D eigenvalue weighted by Gasteiger charge is -2.13. The third kappa shape index (κ3) is 3.98. The number of nitrogens with zero attached hydrogens (tertiary/aromatic N) is 1. The van der Waals surface area contributed by atoms with Gasteiger partial charge in [0, 0.05) is 22.8 Å². The summed E-state index contributed by atoms with van der Waals surface area (Å²) in [6, 6.07) is 20.0. The zero-order valence-corrected chi connectivity index (χ0v) is 14.2. The Morgan fingerprint density at radius 2 is 1.60 bits per heavy atom. The van der Waals surface area contributed by atoms with E-state index >= 15 is 0 Å². The maximum atomic E-state index is 12.9. The van der Waals surface area contributed by atoms with Crippen LogP contribution in [-0.2, 0) is 17.8 Å². The summed E-state index contributed by atoms with van der Waals surface area (Å²) >= 11 is 5.89. The van der Waals surface area contributed by atoms with E-state index in [2.05, 4.69) is 0 Å². The second-order valence-corrected chi connectivity index (χ2v) is 6.20. The van der Waals surface area contributed by atoms with Crippen LogP contribution in [-0.4, -0.2) is 16.3 Å². The van der Waals surface area contributed by atoms with E-state index in [4.69, 9.17) is 17.3 Å². The van der Waals surface area contributed by atoms with Crippen LogP contribution in [0.15, 0.2) is 66.7 Å². The molecule has 0 saturated carbocycles. The summed E-state index contributed by atoms with van der Waals surface area (Å²) in [5, 5.41) is 0.575. The Hall–Kier alpha value is -2.85. The van der Waals surface area contributed by atoms with Crippen molar-refractivity contribution in [1.82, 2.24) is 4.57 Å². The Kier molecular flexibility index (Phi) is 5.00. The Bertz CT molecular complexity index is 899. The van der Waals surface area contributed by atoms with Gasteiger partial charge < -0.3 is 10.3 Å². The molecule has 0 bridgehead atoms. The lowest BCUT2D eigenvalue weighted by molar-refractivity contribution is -0.117. The van der Waals surface area contributed by atoms with Crippen LogP contribution in [0.25, 0.3) is 0 Å². The summed E-state index contributed by atoms with van der Waals surface area (Å²) in [7, 11) is 0. The second kappa shape index (κ2) is 7.36. The van der Waals surface area contributed by atoms with Crippen LogP contribution in [0.1, 0.15) is 27.3 Å². The zero-order valence-electron chi connectivity index (χ0n) is 13.5. The monoisotopic (exact) mass is 352 g/mol. The van der Waals surface area contributed by atoms with Crippen molar-refractivity contribution in [3.05, 3.63) is 94.3 Å². The summed E-state index contributed by atoms with van der Waals surface area (Å²) in [6.45, 7) is 0.491. The van der Waals surface area contributed by atoms with Gasteiger partial charge in [0.05, 0.1) is 12.1 Å². The van der Waals surface area contributed by atoms with E-state index in [1.165, 1.54) is 0 Å². The van der Waals surface area contributed by atoms with Gasteiger partial charge in [-0.2, -0.15) is 0 Å². The number of hydrogen-bond acceptors (Lipinski definition) is 2. The number of aromatic nitrogens is 1. The molecule has 3 rings (SSSR count). The predicted octanol–water partition coefficient (Wildman–Crippen LogP) is 3.45. The predicted molar refractivity (Wildman–Crippen MR) is 97.8 cm³/mol. The number of nitrogens with two attached hydrogens (primary N) is 1. The van der Waals surface area contributed by atoms with Gasteiger partial charge in [-0.25, -0.2) is 0 Å². The highest BCUT2D eigenvalue weighted by Gasteiger charge is 2.18. The van der Waals surface area contributed by atoms with Crippen LogP contribution >= 0.6 is 11.6 Å². The maximum Gasteiger partial charge on any atom is 0.223 e. The first kappa shape index (κ1) is 17.0. The molecule has 4 nitrogen and oxygen atoms in total. The molecule has 0 unspecified atom stereocenters. The fourth-order valence-electron chi connectivity index (χ4n) is 2.74. The third-order valence-electron chi connectivity index (χ3n) is 3.95. The van der Waals surface area contributed by atoms with E-state index in [9.17, 15) is 9.59 Å². The van der Waals surface area contributed by atoms with E-state index in [0.29, 0.717) is 28.5 Å². The van der Waals surface area contributed by atoms with E-state index < -0.39 is 5.91 Å². The second-order valence-electron chi connectivity index (χ2n) is 5.76. The standard InChI is InChI=1S/C20H17ClN2O2/c21-16-8-6-15(7-9-16)20(25)18-11-10-17(12-19(22)24)23(18)13-14-4-2-1-3-5-14/h1-11H,12-13H2,(H2,22,24). The van der Waals surface area contributed by atoms with Gasteiger partial charge in [-0.15, -0.1) is 0 Å². The summed E-state index contributed by atoms with van der Waals surface area (Å²) in [5.41, 5.74) is 8.16. The minimum Gasteiger partial charge on any atom is -0.369 e. The molecule has 1 amide bonds. The minimum absolute atomic E-state index is 0.0841. The van der Waals surface area contributed by atoms with Crippen LogP contribution in [0.2, 0.25) is 5.02 Å². The molecule has 0 atom stereocenters. The molecule has 0 aliphatic rings. The van der Waals surface area contributed by atoms with Crippen molar-refractivity contribution >= 4 is 23.3 Å². The first-order chi connectivity index (χ1) is 12.0. The molecule has 126 valence electrons. The zero-order chi connectivity index (χ0) is 17.8. The summed E-state index contributed by atoms with van der Waals surface area (Å²) < 4.78 is 1.84. The van der Waals surface area contributed by atoms with Gasteiger partial charge >= 0.3 is 0 Å². The van der Waals surface area contributed by atoms with Crippen molar-refractivity contribution in [2.24, 2.45) is 5.73 Å². The van der Waals surface area contributed by atoms with Gasteiger partial charge in [0.15, 0.2) is 0 Å². The molecule has 0 fully saturated rings. The van der Waals surface area contributed by atoms with Crippen LogP contribution in [0.4, 0.5) is 0 Å². The summed E-state index contributed by atoms with van der Waals surface area (Å²) in [6.07, 6.45) is 0.0841. The lowest BCUT2D eigenvalue weighted by Crippen LogP contribution is -2.19. The minimum atomic E-state index is -0.432. The smallest absolute Gasteiger partial charge is 0.223 e. The highest BCUT2D eigenvalue weighted by Crippen LogP contribution is 2.19. The Morgan fingerprint density at radius 1 is 0.920 bits per heavy atom. The number of hydrogen-bond donors (Lipinski definition) is 1. The molecule has 1 heterocycles. The Morgan fingerprint density at radius 3 is 2.24 bits per heavy atom. The van der Waals surface area contributed by atoms with Gasteiger partial charge in [-0.3, -0.25) is 9.59 Å². The molecule has 0 aliphatic heterocycles. The fraction of sp³-hybridized carbons (Fsp3) is 0.100. The molecule has 0 saturated heterocycles. The van der Waals surface area contributed by atoms with Gasteiger partial charge in [-0.05, 0) is 42.0 Å². The van der Waals surface area contributed by atoms with Gasteiger partial charge in [0.2, 0.25) is 11.7 Å². The number of benzene rings is 2. The lowest BCUT2D eigenvalue weighted by atomic mass is 10.1. The SMILES string of the molecule is NC(=O)Cc1ccc(C(=O)c2ccc(Cl)cc2)n1Cc1ccccc1. The number of ketones is 1. The van der Waals surface area contributed by atoms with E-state index in [1.54, 1.807) is 36.4 Å². The number of primary amides is 1. The molecule has 2 aromatic carbocycles. The first-order valence-electron chi connectivity index (χ1n) is 7.85. The molecular weight excluding hydrogens is 336 g/mol. The number of amides is 1. The van der Waals surface area contributed by atoms with E-state index in [1.807, 2.05) is 34.9 Å².